The van der Waals surface area contributed by atoms with Gasteiger partial charge in [0.25, 0.3) is 0 Å². The van der Waals surface area contributed by atoms with Crippen LogP contribution >= 0.6 is 11.3 Å². The third kappa shape index (κ3) is 21.4. The lowest BCUT2D eigenvalue weighted by molar-refractivity contribution is -0.153. The van der Waals surface area contributed by atoms with E-state index in [1.807, 2.05) is 13.1 Å². The van der Waals surface area contributed by atoms with Gasteiger partial charge in [0.15, 0.2) is 0 Å². The second-order valence-corrected chi connectivity index (χ2v) is 15.1. The number of esters is 1. The number of hydrogen-bond donors (Lipinski definition) is 4. The molecule has 0 aliphatic carbocycles. The predicted octanol–water partition coefficient (Wildman–Crippen LogP) is 10.1. The molecular weight excluding hydrogens is 737 g/mol. The topological polar surface area (TPSA) is 134 Å². The van der Waals surface area contributed by atoms with Crippen molar-refractivity contribution in [1.82, 2.24) is 10.6 Å². The second-order valence-electron chi connectivity index (χ2n) is 14.1. The number of thiophene rings is 1. The zero-order chi connectivity index (χ0) is 41.6. The van der Waals surface area contributed by atoms with Crippen molar-refractivity contribution in [2.24, 2.45) is 5.41 Å². The molecule has 0 radical (unpaired) electrons. The third-order valence-electron chi connectivity index (χ3n) is 8.68. The van der Waals surface area contributed by atoms with Crippen molar-refractivity contribution in [3.8, 4) is 5.75 Å². The van der Waals surface area contributed by atoms with Crippen LogP contribution in [0.15, 0.2) is 121 Å². The number of allylic oxidation sites excluding steroid dienone is 10. The van der Waals surface area contributed by atoms with Crippen molar-refractivity contribution >= 4 is 40.0 Å². The van der Waals surface area contributed by atoms with Gasteiger partial charge in [-0.15, -0.1) is 11.3 Å². The molecule has 1 aromatic heterocycles. The van der Waals surface area contributed by atoms with Gasteiger partial charge in [-0.3, -0.25) is 14.4 Å². The quantitative estimate of drug-likeness (QED) is 0.0358. The van der Waals surface area contributed by atoms with Gasteiger partial charge in [0.05, 0.1) is 13.0 Å². The van der Waals surface area contributed by atoms with Crippen LogP contribution in [0, 0.1) is 5.41 Å². The maximum absolute atomic E-state index is 12.0. The standard InChI is InChI=1S/C29H45NO6.C18H19NOS/c1-4-5-6-7-8-9-10-11-12-13-14-15-16-17-18-19-20-21-26(33)36-24-29(2,3)27(34)28(35)30-23-22-25(31)32;1-19-12-11-17(18-10-5-13-21-18)20-16-9-4-7-14-6-2-3-8-15(14)16/h5-6,8-9,11-12,14-15,17-18,27,34H,4,7,10,13,16,19-24H2,1-3H3,(H,30,35)(H,31,32);2-10,13,17,19H,11-12H2,1H3/b6-5-,9-8-,12-11-,15-14-,18-17-;/t27-;17-/m00/s1. The van der Waals surface area contributed by atoms with Crippen LogP contribution in [-0.4, -0.2) is 60.9 Å². The fraction of sp³-hybridized carbons (Fsp3) is 0.426. The highest BCUT2D eigenvalue weighted by Crippen LogP contribution is 2.32. The molecule has 0 aliphatic heterocycles. The fourth-order valence-electron chi connectivity index (χ4n) is 5.36. The van der Waals surface area contributed by atoms with E-state index in [-0.39, 0.29) is 38.1 Å². The highest BCUT2D eigenvalue weighted by atomic mass is 32.1. The van der Waals surface area contributed by atoms with E-state index in [4.69, 9.17) is 14.6 Å². The Morgan fingerprint density at radius 3 is 2.05 bits per heavy atom. The Kier molecular flexibility index (Phi) is 25.0. The lowest BCUT2D eigenvalue weighted by Gasteiger charge is -2.28. The number of carbonyl (C=O) groups excluding carboxylic acids is 2. The SMILES string of the molecule is CC/C=C\C/C=C\C/C=C\C/C=C\C/C=C\CCCC(=O)OCC(C)(C)[C@@H](O)C(=O)NCCC(=O)O.CNCC[C@H](Oc1cccc2ccccc12)c1cccs1. The first-order valence-electron chi connectivity index (χ1n) is 20.0. The van der Waals surface area contributed by atoms with E-state index in [0.717, 1.165) is 57.2 Å². The largest absolute Gasteiger partial charge is 0.484 e. The van der Waals surface area contributed by atoms with E-state index in [0.29, 0.717) is 6.42 Å². The molecule has 0 saturated carbocycles. The first-order chi connectivity index (χ1) is 27.6. The Labute approximate surface area is 344 Å². The number of benzene rings is 2. The molecule has 0 unspecified atom stereocenters. The molecule has 0 aliphatic rings. The minimum atomic E-state index is -1.42. The maximum Gasteiger partial charge on any atom is 0.305 e. The molecule has 57 heavy (non-hydrogen) atoms. The molecule has 1 heterocycles. The summed E-state index contributed by atoms with van der Waals surface area (Å²) in [5, 5.41) is 28.8. The van der Waals surface area contributed by atoms with Crippen LogP contribution in [0.4, 0.5) is 0 Å². The molecule has 3 aromatic rings. The number of unbranched alkanes of at least 4 members (excludes halogenated alkanes) is 1. The summed E-state index contributed by atoms with van der Waals surface area (Å²) in [4.78, 5) is 35.7. The van der Waals surface area contributed by atoms with Gasteiger partial charge in [0.2, 0.25) is 5.91 Å². The van der Waals surface area contributed by atoms with Crippen LogP contribution in [0.25, 0.3) is 10.8 Å². The summed E-state index contributed by atoms with van der Waals surface area (Å²) in [6.45, 7) is 6.11. The predicted molar refractivity (Wildman–Crippen MR) is 234 cm³/mol. The highest BCUT2D eigenvalue weighted by molar-refractivity contribution is 7.10. The van der Waals surface area contributed by atoms with Crippen LogP contribution in [0.1, 0.15) is 96.0 Å². The Morgan fingerprint density at radius 2 is 1.44 bits per heavy atom. The summed E-state index contributed by atoms with van der Waals surface area (Å²) in [6.07, 6.45) is 27.3. The first kappa shape index (κ1) is 48.4. The van der Waals surface area contributed by atoms with Gasteiger partial charge >= 0.3 is 11.9 Å². The molecule has 2 aromatic carbocycles. The van der Waals surface area contributed by atoms with Crippen molar-refractivity contribution < 1.29 is 34.1 Å². The first-order valence-corrected chi connectivity index (χ1v) is 20.9. The molecule has 3 rings (SSSR count). The smallest absolute Gasteiger partial charge is 0.305 e. The number of rotatable bonds is 26. The second kappa shape index (κ2) is 29.5. The summed E-state index contributed by atoms with van der Waals surface area (Å²) in [5.41, 5.74) is -0.993. The Bertz CT molecular complexity index is 1720. The number of carboxylic acid groups (broad SMARTS) is 1. The van der Waals surface area contributed by atoms with E-state index in [1.165, 1.54) is 15.6 Å². The van der Waals surface area contributed by atoms with Crippen LogP contribution in [-0.2, 0) is 19.1 Å². The Morgan fingerprint density at radius 1 is 0.807 bits per heavy atom. The minimum absolute atomic E-state index is 0.0725. The van der Waals surface area contributed by atoms with Crippen LogP contribution in [0.3, 0.4) is 0 Å². The Hall–Kier alpha value is -4.77. The van der Waals surface area contributed by atoms with Crippen molar-refractivity contribution in [1.29, 1.82) is 0 Å². The Balaban J connectivity index is 0.000000446. The van der Waals surface area contributed by atoms with Gasteiger partial charge in [0, 0.05) is 35.1 Å². The summed E-state index contributed by atoms with van der Waals surface area (Å²) < 4.78 is 11.6. The molecule has 0 bridgehead atoms. The van der Waals surface area contributed by atoms with Gasteiger partial charge < -0.3 is 30.3 Å². The number of nitrogens with one attached hydrogen (secondary N) is 2. The van der Waals surface area contributed by atoms with Gasteiger partial charge in [-0.25, -0.2) is 0 Å². The molecule has 9 nitrogen and oxygen atoms in total. The van der Waals surface area contributed by atoms with Crippen LogP contribution < -0.4 is 15.4 Å². The van der Waals surface area contributed by atoms with Gasteiger partial charge in [-0.1, -0.05) is 124 Å². The molecule has 0 saturated heterocycles. The number of aliphatic hydroxyl groups is 1. The molecular formula is C47H64N2O7S. The maximum atomic E-state index is 12.0. The fourth-order valence-corrected chi connectivity index (χ4v) is 6.14. The molecule has 0 fully saturated rings. The van der Waals surface area contributed by atoms with E-state index < -0.39 is 23.4 Å². The zero-order valence-electron chi connectivity index (χ0n) is 34.2. The van der Waals surface area contributed by atoms with Crippen LogP contribution in [0.5, 0.6) is 5.75 Å². The molecule has 2 atom stereocenters. The third-order valence-corrected chi connectivity index (χ3v) is 9.64. The summed E-state index contributed by atoms with van der Waals surface area (Å²) in [5.74, 6) is -1.14. The summed E-state index contributed by atoms with van der Waals surface area (Å²) in [6, 6.07) is 18.8. The lowest BCUT2D eigenvalue weighted by atomic mass is 9.87. The number of aliphatic carboxylic acids is 1. The van der Waals surface area contributed by atoms with Crippen molar-refractivity contribution in [2.45, 2.75) is 97.2 Å². The monoisotopic (exact) mass is 800 g/mol. The normalized spacial score (nSPS) is 13.1. The number of carbonyl (C=O) groups is 3. The van der Waals surface area contributed by atoms with E-state index >= 15 is 0 Å². The van der Waals surface area contributed by atoms with E-state index in [1.54, 1.807) is 25.2 Å². The van der Waals surface area contributed by atoms with Gasteiger partial charge in [0.1, 0.15) is 18.0 Å². The molecule has 10 heteroatoms. The highest BCUT2D eigenvalue weighted by Gasteiger charge is 2.35. The number of fused-ring (bicyclic) bond motifs is 1. The van der Waals surface area contributed by atoms with Crippen molar-refractivity contribution in [2.75, 3.05) is 26.7 Å². The molecule has 4 N–H and O–H groups in total. The molecule has 1 amide bonds. The summed E-state index contributed by atoms with van der Waals surface area (Å²) >= 11 is 1.75. The van der Waals surface area contributed by atoms with Crippen molar-refractivity contribution in [3.63, 3.8) is 0 Å². The lowest BCUT2D eigenvalue weighted by Crippen LogP contribution is -2.46. The summed E-state index contributed by atoms with van der Waals surface area (Å²) in [7, 11) is 1.98. The minimum Gasteiger partial charge on any atom is -0.484 e. The number of hydrogen-bond acceptors (Lipinski definition) is 8. The molecule has 0 spiro atoms. The zero-order valence-corrected chi connectivity index (χ0v) is 35.1. The van der Waals surface area contributed by atoms with E-state index in [2.05, 4.69) is 132 Å². The average Bonchev–Trinajstić information content (AvgIpc) is 3.75. The average molecular weight is 801 g/mol. The van der Waals surface area contributed by atoms with Gasteiger partial charge in [-0.05, 0) is 81.4 Å². The number of amides is 1. The van der Waals surface area contributed by atoms with E-state index in [9.17, 15) is 19.5 Å². The molecule has 310 valence electrons. The number of carboxylic acids is 1. The van der Waals surface area contributed by atoms with Gasteiger partial charge in [-0.2, -0.15) is 0 Å². The van der Waals surface area contributed by atoms with Crippen LogP contribution in [0.2, 0.25) is 0 Å². The number of aliphatic hydroxyl groups excluding tert-OH is 1. The van der Waals surface area contributed by atoms with Crippen molar-refractivity contribution in [3.05, 3.63) is 126 Å². The number of ether oxygens (including phenoxy) is 2.